The summed E-state index contributed by atoms with van der Waals surface area (Å²) in [4.78, 5) is 38.3. The zero-order valence-corrected chi connectivity index (χ0v) is 49.6. The lowest BCUT2D eigenvalue weighted by atomic mass is 10.1. The Morgan fingerprint density at radius 3 is 0.827 bits per heavy atom. The molecule has 0 saturated carbocycles. The molecule has 0 heterocycles. The first-order valence-corrected chi connectivity index (χ1v) is 32.1. The van der Waals surface area contributed by atoms with Crippen LogP contribution >= 0.6 is 0 Å². The average molecular weight is 1050 g/mol. The molecule has 0 fully saturated rings. The van der Waals surface area contributed by atoms with E-state index in [-0.39, 0.29) is 31.1 Å². The summed E-state index contributed by atoms with van der Waals surface area (Å²) >= 11 is 0. The summed E-state index contributed by atoms with van der Waals surface area (Å²) in [6, 6.07) is 0. The minimum Gasteiger partial charge on any atom is -0.462 e. The molecule has 0 N–H and O–H groups in total. The molecule has 0 aromatic carbocycles. The molecule has 6 heteroatoms. The predicted octanol–water partition coefficient (Wildman–Crippen LogP) is 21.9. The number of carbonyl (C=O) groups excluding carboxylic acids is 3. The van der Waals surface area contributed by atoms with E-state index in [9.17, 15) is 14.4 Å². The van der Waals surface area contributed by atoms with Crippen molar-refractivity contribution >= 4 is 17.9 Å². The first-order valence-electron chi connectivity index (χ1n) is 32.1. The first kappa shape index (κ1) is 71.6. The van der Waals surface area contributed by atoms with Crippen molar-refractivity contribution in [3.63, 3.8) is 0 Å². The molecule has 432 valence electrons. The lowest BCUT2D eigenvalue weighted by molar-refractivity contribution is -0.167. The van der Waals surface area contributed by atoms with Crippen LogP contribution in [0, 0.1) is 0 Å². The normalized spacial score (nSPS) is 12.6. The second kappa shape index (κ2) is 63.1. The van der Waals surface area contributed by atoms with Gasteiger partial charge in [0.25, 0.3) is 0 Å². The van der Waals surface area contributed by atoms with Crippen LogP contribution in [0.15, 0.2) is 85.1 Å². The standard InChI is InChI=1S/C69H120O6/c1-4-7-10-13-16-19-22-25-28-31-32-33-34-35-36-37-38-39-42-44-47-50-53-56-59-62-68(71)74-65-66(75-69(72)63-60-57-54-51-48-45-41-30-27-24-21-18-15-12-9-6-3)64-73-67(70)61-58-55-52-49-46-43-40-29-26-23-20-17-14-11-8-5-2/h7,10,16,19,25,28-30,32-33,35-36,40-41,66H,4-6,8-9,11-15,17-18,20-24,26-27,31,34,37-39,42-65H2,1-3H3/b10-7-,19-16-,28-25-,33-32-,36-35-,40-29-,41-30-. The highest BCUT2D eigenvalue weighted by Gasteiger charge is 2.19. The lowest BCUT2D eigenvalue weighted by Crippen LogP contribution is -2.30. The van der Waals surface area contributed by atoms with E-state index >= 15 is 0 Å². The third-order valence-corrected chi connectivity index (χ3v) is 13.9. The Morgan fingerprint density at radius 1 is 0.280 bits per heavy atom. The van der Waals surface area contributed by atoms with Crippen molar-refractivity contribution in [1.29, 1.82) is 0 Å². The number of rotatable bonds is 58. The quantitative estimate of drug-likeness (QED) is 0.0261. The Bertz CT molecular complexity index is 1430. The molecule has 0 aliphatic rings. The van der Waals surface area contributed by atoms with Gasteiger partial charge in [-0.3, -0.25) is 14.4 Å². The van der Waals surface area contributed by atoms with Gasteiger partial charge < -0.3 is 14.2 Å². The molecule has 0 amide bonds. The first-order chi connectivity index (χ1) is 37.0. The van der Waals surface area contributed by atoms with Gasteiger partial charge in [-0.05, 0) is 116 Å². The highest BCUT2D eigenvalue weighted by atomic mass is 16.6. The molecule has 0 aliphatic heterocycles. The van der Waals surface area contributed by atoms with Gasteiger partial charge in [0.15, 0.2) is 6.10 Å². The Balaban J connectivity index is 4.36. The summed E-state index contributed by atoms with van der Waals surface area (Å²) in [5, 5.41) is 0. The van der Waals surface area contributed by atoms with E-state index in [1.165, 1.54) is 161 Å². The summed E-state index contributed by atoms with van der Waals surface area (Å²) < 4.78 is 16.9. The topological polar surface area (TPSA) is 78.9 Å². The monoisotopic (exact) mass is 1040 g/mol. The van der Waals surface area contributed by atoms with Crippen molar-refractivity contribution in [3.05, 3.63) is 85.1 Å². The molecule has 0 aliphatic carbocycles. The van der Waals surface area contributed by atoms with Gasteiger partial charge in [-0.15, -0.1) is 0 Å². The maximum absolute atomic E-state index is 12.9. The van der Waals surface area contributed by atoms with Gasteiger partial charge in [-0.25, -0.2) is 0 Å². The van der Waals surface area contributed by atoms with Gasteiger partial charge in [0, 0.05) is 19.3 Å². The highest BCUT2D eigenvalue weighted by Crippen LogP contribution is 2.16. The summed E-state index contributed by atoms with van der Waals surface area (Å²) in [6.07, 6.45) is 83.0. The maximum atomic E-state index is 12.9. The SMILES string of the molecule is CC/C=C\C/C=C\C/C=C\C/C=C\C/C=C\CCCCCCCCCCCC(=O)OCC(COC(=O)CCCCCCC/C=C\CCCCCCCCC)OC(=O)CCCCCCC/C=C\CCCCCCCCC. The van der Waals surface area contributed by atoms with E-state index in [2.05, 4.69) is 106 Å². The zero-order valence-electron chi connectivity index (χ0n) is 49.6. The summed E-state index contributed by atoms with van der Waals surface area (Å²) in [7, 11) is 0. The molecule has 0 radical (unpaired) electrons. The smallest absolute Gasteiger partial charge is 0.306 e. The van der Waals surface area contributed by atoms with Gasteiger partial charge in [0.1, 0.15) is 13.2 Å². The van der Waals surface area contributed by atoms with Crippen molar-refractivity contribution in [2.24, 2.45) is 0 Å². The third kappa shape index (κ3) is 61.3. The molecule has 1 unspecified atom stereocenters. The van der Waals surface area contributed by atoms with Gasteiger partial charge in [0.05, 0.1) is 0 Å². The summed E-state index contributed by atoms with van der Waals surface area (Å²) in [6.45, 7) is 6.53. The maximum Gasteiger partial charge on any atom is 0.306 e. The Hall–Kier alpha value is -3.41. The predicted molar refractivity (Wildman–Crippen MR) is 325 cm³/mol. The number of hydrogen-bond donors (Lipinski definition) is 0. The number of unbranched alkanes of at least 4 members (excludes halogenated alkanes) is 33. The Kier molecular flexibility index (Phi) is 60.3. The third-order valence-electron chi connectivity index (χ3n) is 13.9. The van der Waals surface area contributed by atoms with Crippen LogP contribution in [-0.4, -0.2) is 37.2 Å². The molecule has 0 bridgehead atoms. The number of allylic oxidation sites excluding steroid dienone is 14. The number of ether oxygens (including phenoxy) is 3. The van der Waals surface area contributed by atoms with E-state index in [0.29, 0.717) is 19.3 Å². The molecule has 75 heavy (non-hydrogen) atoms. The minimum atomic E-state index is -0.788. The molecule has 0 aromatic rings. The molecular formula is C69H120O6. The summed E-state index contributed by atoms with van der Waals surface area (Å²) in [5.74, 6) is -0.894. The minimum absolute atomic E-state index is 0.0844. The largest absolute Gasteiger partial charge is 0.462 e. The van der Waals surface area contributed by atoms with Crippen LogP contribution in [0.1, 0.15) is 316 Å². The van der Waals surface area contributed by atoms with Crippen molar-refractivity contribution < 1.29 is 28.6 Å². The van der Waals surface area contributed by atoms with E-state index in [0.717, 1.165) is 116 Å². The van der Waals surface area contributed by atoms with Crippen molar-refractivity contribution in [2.75, 3.05) is 13.2 Å². The molecule has 0 rings (SSSR count). The van der Waals surface area contributed by atoms with Gasteiger partial charge >= 0.3 is 17.9 Å². The van der Waals surface area contributed by atoms with Crippen LogP contribution in [0.25, 0.3) is 0 Å². The molecular weight excluding hydrogens is 925 g/mol. The average Bonchev–Trinajstić information content (AvgIpc) is 3.41. The Labute approximate surface area is 465 Å². The zero-order chi connectivity index (χ0) is 54.3. The van der Waals surface area contributed by atoms with E-state index in [4.69, 9.17) is 14.2 Å². The van der Waals surface area contributed by atoms with E-state index in [1.54, 1.807) is 0 Å². The van der Waals surface area contributed by atoms with E-state index < -0.39 is 6.10 Å². The van der Waals surface area contributed by atoms with Crippen molar-refractivity contribution in [1.82, 2.24) is 0 Å². The Morgan fingerprint density at radius 2 is 0.520 bits per heavy atom. The van der Waals surface area contributed by atoms with Crippen LogP contribution in [-0.2, 0) is 28.6 Å². The van der Waals surface area contributed by atoms with E-state index in [1.807, 2.05) is 0 Å². The molecule has 0 saturated heterocycles. The number of hydrogen-bond acceptors (Lipinski definition) is 6. The van der Waals surface area contributed by atoms with Crippen molar-refractivity contribution in [3.8, 4) is 0 Å². The van der Waals surface area contributed by atoms with Crippen LogP contribution in [0.4, 0.5) is 0 Å². The second-order valence-electron chi connectivity index (χ2n) is 21.3. The number of esters is 3. The summed E-state index contributed by atoms with van der Waals surface area (Å²) in [5.41, 5.74) is 0. The van der Waals surface area contributed by atoms with Gasteiger partial charge in [0.2, 0.25) is 0 Å². The van der Waals surface area contributed by atoms with Gasteiger partial charge in [-0.1, -0.05) is 266 Å². The van der Waals surface area contributed by atoms with Crippen LogP contribution in [0.3, 0.4) is 0 Å². The molecule has 0 spiro atoms. The highest BCUT2D eigenvalue weighted by molar-refractivity contribution is 5.71. The fourth-order valence-electron chi connectivity index (χ4n) is 9.05. The van der Waals surface area contributed by atoms with Crippen LogP contribution in [0.5, 0.6) is 0 Å². The number of carbonyl (C=O) groups is 3. The molecule has 0 aromatic heterocycles. The van der Waals surface area contributed by atoms with Gasteiger partial charge in [-0.2, -0.15) is 0 Å². The van der Waals surface area contributed by atoms with Crippen LogP contribution in [0.2, 0.25) is 0 Å². The molecule has 1 atom stereocenters. The van der Waals surface area contributed by atoms with Crippen molar-refractivity contribution in [2.45, 2.75) is 322 Å². The van der Waals surface area contributed by atoms with Crippen LogP contribution < -0.4 is 0 Å². The second-order valence-corrected chi connectivity index (χ2v) is 21.3. The molecule has 6 nitrogen and oxygen atoms in total. The fourth-order valence-corrected chi connectivity index (χ4v) is 9.05. The lowest BCUT2D eigenvalue weighted by Gasteiger charge is -2.18. The fraction of sp³-hybridized carbons (Fsp3) is 0.754.